The Morgan fingerprint density at radius 2 is 2.06 bits per heavy atom. The summed E-state index contributed by atoms with van der Waals surface area (Å²) in [5, 5.41) is 9.66. The first-order valence-electron chi connectivity index (χ1n) is 5.01. The van der Waals surface area contributed by atoms with Crippen LogP contribution in [0.15, 0.2) is 23.1 Å². The normalized spacial score (nSPS) is 18.4. The highest BCUT2D eigenvalue weighted by Crippen LogP contribution is 2.38. The fourth-order valence-electron chi connectivity index (χ4n) is 1.66. The summed E-state index contributed by atoms with van der Waals surface area (Å²) in [6, 6.07) is 3.99. The first-order chi connectivity index (χ1) is 7.30. The van der Waals surface area contributed by atoms with Crippen LogP contribution in [0.2, 0.25) is 0 Å². The summed E-state index contributed by atoms with van der Waals surface area (Å²) in [7, 11) is -3.52. The van der Waals surface area contributed by atoms with Crippen LogP contribution >= 0.6 is 0 Å². The third-order valence-electron chi connectivity index (χ3n) is 2.76. The van der Waals surface area contributed by atoms with Gasteiger partial charge in [-0.2, -0.15) is 0 Å². The first-order valence-corrected chi connectivity index (χ1v) is 6.90. The molecule has 0 amide bonds. The second-order valence-electron chi connectivity index (χ2n) is 4.44. The first kappa shape index (κ1) is 11.5. The maximum Gasteiger partial charge on any atom is 0.178 e. The van der Waals surface area contributed by atoms with E-state index in [1.807, 2.05) is 0 Å². The van der Waals surface area contributed by atoms with Gasteiger partial charge in [0.25, 0.3) is 0 Å². The maximum absolute atomic E-state index is 13.5. The lowest BCUT2D eigenvalue weighted by molar-refractivity contribution is 0.151. The number of hydrogen-bond acceptors (Lipinski definition) is 3. The van der Waals surface area contributed by atoms with Crippen molar-refractivity contribution in [1.82, 2.24) is 0 Å². The molecule has 88 valence electrons. The number of aliphatic hydroxyl groups is 1. The molecule has 16 heavy (non-hydrogen) atoms. The van der Waals surface area contributed by atoms with Crippen molar-refractivity contribution < 1.29 is 17.9 Å². The minimum atomic E-state index is -3.52. The molecule has 0 radical (unpaired) electrons. The molecule has 0 heterocycles. The second-order valence-corrected chi connectivity index (χ2v) is 6.42. The summed E-state index contributed by atoms with van der Waals surface area (Å²) in [5.41, 5.74) is -0.0659. The number of sulfone groups is 1. The van der Waals surface area contributed by atoms with Gasteiger partial charge in [0.1, 0.15) is 10.7 Å². The van der Waals surface area contributed by atoms with Crippen LogP contribution in [0.3, 0.4) is 0 Å². The van der Waals surface area contributed by atoms with Gasteiger partial charge in [0.05, 0.1) is 5.60 Å². The van der Waals surface area contributed by atoms with Crippen LogP contribution in [0, 0.1) is 5.82 Å². The quantitative estimate of drug-likeness (QED) is 0.872. The molecule has 0 unspecified atom stereocenters. The smallest absolute Gasteiger partial charge is 0.178 e. The van der Waals surface area contributed by atoms with Crippen LogP contribution in [-0.2, 0) is 16.3 Å². The molecule has 5 heteroatoms. The Morgan fingerprint density at radius 1 is 1.44 bits per heavy atom. The van der Waals surface area contributed by atoms with E-state index < -0.39 is 21.3 Å². The van der Waals surface area contributed by atoms with Crippen molar-refractivity contribution in [2.45, 2.75) is 29.8 Å². The Balaban J connectivity index is 2.29. The molecule has 1 aliphatic carbocycles. The molecule has 0 spiro atoms. The van der Waals surface area contributed by atoms with E-state index in [1.165, 1.54) is 12.1 Å². The van der Waals surface area contributed by atoms with Gasteiger partial charge in [-0.1, -0.05) is 6.07 Å². The molecular formula is C11H13FO3S. The Bertz CT molecular complexity index is 518. The Hall–Kier alpha value is -0.940. The van der Waals surface area contributed by atoms with E-state index in [1.54, 1.807) is 6.07 Å². The summed E-state index contributed by atoms with van der Waals surface area (Å²) in [5.74, 6) is -0.746. The number of halogens is 1. The summed E-state index contributed by atoms with van der Waals surface area (Å²) in [6.45, 7) is 0. The number of benzene rings is 1. The Kier molecular flexibility index (Phi) is 2.55. The molecular weight excluding hydrogens is 231 g/mol. The van der Waals surface area contributed by atoms with Crippen LogP contribution in [0.25, 0.3) is 0 Å². The predicted molar refractivity (Wildman–Crippen MR) is 57.4 cm³/mol. The van der Waals surface area contributed by atoms with Crippen molar-refractivity contribution in [3.8, 4) is 0 Å². The van der Waals surface area contributed by atoms with Crippen molar-refractivity contribution in [1.29, 1.82) is 0 Å². The Morgan fingerprint density at radius 3 is 2.50 bits per heavy atom. The van der Waals surface area contributed by atoms with Gasteiger partial charge in [-0.05, 0) is 30.5 Å². The van der Waals surface area contributed by atoms with E-state index >= 15 is 0 Å². The maximum atomic E-state index is 13.5. The molecule has 1 saturated carbocycles. The third-order valence-corrected chi connectivity index (χ3v) is 3.89. The third kappa shape index (κ3) is 2.41. The van der Waals surface area contributed by atoms with Gasteiger partial charge in [-0.15, -0.1) is 0 Å². The van der Waals surface area contributed by atoms with Gasteiger partial charge in [-0.25, -0.2) is 12.8 Å². The van der Waals surface area contributed by atoms with E-state index in [4.69, 9.17) is 0 Å². The summed E-state index contributed by atoms with van der Waals surface area (Å²) in [4.78, 5) is -0.293. The van der Waals surface area contributed by atoms with Crippen LogP contribution in [-0.4, -0.2) is 25.4 Å². The molecule has 0 atom stereocenters. The summed E-state index contributed by atoms with van der Waals surface area (Å²) in [6.07, 6.45) is 2.80. The summed E-state index contributed by atoms with van der Waals surface area (Å²) >= 11 is 0. The van der Waals surface area contributed by atoms with Crippen LogP contribution < -0.4 is 0 Å². The SMILES string of the molecule is CS(=O)(=O)c1ccc(CC2(O)CC2)cc1F. The van der Waals surface area contributed by atoms with Crippen molar-refractivity contribution in [3.05, 3.63) is 29.6 Å². The molecule has 1 aliphatic rings. The Labute approximate surface area is 93.8 Å². The molecule has 0 aromatic heterocycles. The monoisotopic (exact) mass is 244 g/mol. The zero-order chi connectivity index (χ0) is 12.0. The van der Waals surface area contributed by atoms with Crippen LogP contribution in [0.5, 0.6) is 0 Å². The fourth-order valence-corrected chi connectivity index (χ4v) is 2.38. The zero-order valence-corrected chi connectivity index (χ0v) is 9.72. The highest BCUT2D eigenvalue weighted by Gasteiger charge is 2.40. The fraction of sp³-hybridized carbons (Fsp3) is 0.455. The average molecular weight is 244 g/mol. The van der Waals surface area contributed by atoms with Gasteiger partial charge < -0.3 is 5.11 Å². The lowest BCUT2D eigenvalue weighted by atomic mass is 10.1. The van der Waals surface area contributed by atoms with Crippen LogP contribution in [0.4, 0.5) is 4.39 Å². The highest BCUT2D eigenvalue weighted by molar-refractivity contribution is 7.90. The molecule has 2 rings (SSSR count). The number of hydrogen-bond donors (Lipinski definition) is 1. The molecule has 1 N–H and O–H groups in total. The zero-order valence-electron chi connectivity index (χ0n) is 8.90. The van der Waals surface area contributed by atoms with Crippen molar-refractivity contribution >= 4 is 9.84 Å². The minimum absolute atomic E-state index is 0.293. The second kappa shape index (κ2) is 3.53. The van der Waals surface area contributed by atoms with Gasteiger partial charge in [0.2, 0.25) is 0 Å². The largest absolute Gasteiger partial charge is 0.390 e. The van der Waals surface area contributed by atoms with Gasteiger partial charge in [0, 0.05) is 12.7 Å². The van der Waals surface area contributed by atoms with Crippen molar-refractivity contribution in [2.24, 2.45) is 0 Å². The molecule has 0 saturated heterocycles. The van der Waals surface area contributed by atoms with E-state index in [2.05, 4.69) is 0 Å². The minimum Gasteiger partial charge on any atom is -0.390 e. The summed E-state index contributed by atoms with van der Waals surface area (Å²) < 4.78 is 35.8. The molecule has 1 aromatic rings. The molecule has 0 aliphatic heterocycles. The van der Waals surface area contributed by atoms with Gasteiger partial charge >= 0.3 is 0 Å². The van der Waals surface area contributed by atoms with E-state index in [9.17, 15) is 17.9 Å². The van der Waals surface area contributed by atoms with Gasteiger partial charge in [0.15, 0.2) is 9.84 Å². The van der Waals surface area contributed by atoms with Crippen LogP contribution in [0.1, 0.15) is 18.4 Å². The van der Waals surface area contributed by atoms with E-state index in [-0.39, 0.29) is 4.90 Å². The standard InChI is InChI=1S/C11H13FO3S/c1-16(14,15)10-3-2-8(6-9(10)12)7-11(13)4-5-11/h2-3,6,13H,4-5,7H2,1H3. The topological polar surface area (TPSA) is 54.4 Å². The molecule has 1 fully saturated rings. The lowest BCUT2D eigenvalue weighted by Crippen LogP contribution is -2.11. The van der Waals surface area contributed by atoms with E-state index in [0.717, 1.165) is 19.1 Å². The van der Waals surface area contributed by atoms with Crippen molar-refractivity contribution in [2.75, 3.05) is 6.26 Å². The molecule has 1 aromatic carbocycles. The lowest BCUT2D eigenvalue weighted by Gasteiger charge is -2.08. The van der Waals surface area contributed by atoms with Crippen molar-refractivity contribution in [3.63, 3.8) is 0 Å². The molecule has 3 nitrogen and oxygen atoms in total. The predicted octanol–water partition coefficient (Wildman–Crippen LogP) is 1.30. The highest BCUT2D eigenvalue weighted by atomic mass is 32.2. The average Bonchev–Trinajstić information content (AvgIpc) is 2.80. The van der Waals surface area contributed by atoms with Gasteiger partial charge in [-0.3, -0.25) is 0 Å². The number of rotatable bonds is 3. The molecule has 0 bridgehead atoms. The van der Waals surface area contributed by atoms with E-state index in [0.29, 0.717) is 12.0 Å².